The van der Waals surface area contributed by atoms with E-state index in [9.17, 15) is 19.8 Å². The maximum atomic E-state index is 12.7. The second-order valence-electron chi connectivity index (χ2n) is 7.73. The predicted octanol–water partition coefficient (Wildman–Crippen LogP) is 3.18. The fourth-order valence-electron chi connectivity index (χ4n) is 4.33. The summed E-state index contributed by atoms with van der Waals surface area (Å²) < 4.78 is 1.59. The van der Waals surface area contributed by atoms with Crippen LogP contribution in [0.1, 0.15) is 48.5 Å². The second kappa shape index (κ2) is 6.98. The zero-order valence-corrected chi connectivity index (χ0v) is 16.1. The number of amides is 3. The number of carbonyl (C=O) groups is 2. The van der Waals surface area contributed by atoms with Crippen molar-refractivity contribution in [3.8, 4) is 11.8 Å². The lowest BCUT2D eigenvalue weighted by atomic mass is 9.95. The molecule has 1 saturated carbocycles. The predicted molar refractivity (Wildman–Crippen MR) is 109 cm³/mol. The summed E-state index contributed by atoms with van der Waals surface area (Å²) in [5.74, 6) is -0.349. The van der Waals surface area contributed by atoms with Gasteiger partial charge in [-0.3, -0.25) is 9.36 Å². The van der Waals surface area contributed by atoms with Gasteiger partial charge in [-0.25, -0.2) is 4.79 Å². The fraction of sp³-hybridized carbons (Fsp3) is 0.273. The molecule has 0 radical (unpaired) electrons. The summed E-state index contributed by atoms with van der Waals surface area (Å²) in [5.41, 5.74) is 0.830. The molecule has 8 heteroatoms. The van der Waals surface area contributed by atoms with Crippen LogP contribution in [-0.2, 0) is 0 Å². The third-order valence-electron chi connectivity index (χ3n) is 5.83. The van der Waals surface area contributed by atoms with Crippen molar-refractivity contribution in [1.29, 1.82) is 0 Å². The molecule has 1 aliphatic carbocycles. The molecule has 1 aromatic heterocycles. The number of nitrogens with zero attached hydrogens (tertiary/aromatic N) is 3. The van der Waals surface area contributed by atoms with Crippen LogP contribution in [0, 0.1) is 0 Å². The highest BCUT2D eigenvalue weighted by Gasteiger charge is 2.25. The van der Waals surface area contributed by atoms with Crippen molar-refractivity contribution < 1.29 is 19.8 Å². The number of fused-ring (bicyclic) bond motifs is 2. The molecule has 0 atom stereocenters. The number of urea groups is 1. The van der Waals surface area contributed by atoms with Crippen LogP contribution in [0.4, 0.5) is 10.5 Å². The van der Waals surface area contributed by atoms with Crippen LogP contribution >= 0.6 is 0 Å². The van der Waals surface area contributed by atoms with Crippen molar-refractivity contribution in [2.24, 2.45) is 9.98 Å². The molecule has 3 aromatic rings. The molecule has 5 rings (SSSR count). The van der Waals surface area contributed by atoms with E-state index < -0.39 is 6.03 Å². The first-order valence-corrected chi connectivity index (χ1v) is 10.00. The Kier molecular flexibility index (Phi) is 4.27. The van der Waals surface area contributed by atoms with Crippen LogP contribution in [0.25, 0.3) is 10.8 Å². The number of hydrogen-bond donors (Lipinski definition) is 3. The van der Waals surface area contributed by atoms with Gasteiger partial charge in [-0.2, -0.15) is 9.98 Å². The minimum Gasteiger partial charge on any atom is -0.494 e. The van der Waals surface area contributed by atoms with Crippen molar-refractivity contribution in [2.45, 2.75) is 38.1 Å². The standard InChI is InChI=1S/C22H20N4O4/c27-19(23-13-7-9-17-18(11-13)25-22(30)24-17)12-6-8-15-16(10-12)21(29)26(20(15)28)14-4-2-1-3-5-14/h6-11,14,28-29H,1-5H2,(H,23,27). The SMILES string of the molecule is O=C1N=c2ccc(NC(=O)c3ccc4c(O)n(C5CCCCC5)c(O)c4c3)cc2=N1. The van der Waals surface area contributed by atoms with E-state index in [2.05, 4.69) is 15.3 Å². The van der Waals surface area contributed by atoms with Crippen molar-refractivity contribution in [1.82, 2.24) is 4.57 Å². The van der Waals surface area contributed by atoms with Gasteiger partial charge in [0.2, 0.25) is 11.8 Å². The van der Waals surface area contributed by atoms with Crippen molar-refractivity contribution in [3.05, 3.63) is 52.7 Å². The third-order valence-corrected chi connectivity index (χ3v) is 5.83. The van der Waals surface area contributed by atoms with Crippen LogP contribution in [0.5, 0.6) is 11.8 Å². The summed E-state index contributed by atoms with van der Waals surface area (Å²) in [6.07, 6.45) is 5.12. The molecule has 152 valence electrons. The number of carbonyl (C=O) groups excluding carboxylic acids is 2. The fourth-order valence-corrected chi connectivity index (χ4v) is 4.33. The van der Waals surface area contributed by atoms with Crippen molar-refractivity contribution >= 4 is 28.4 Å². The largest absolute Gasteiger partial charge is 0.494 e. The molecule has 3 N–H and O–H groups in total. The Morgan fingerprint density at radius 3 is 2.47 bits per heavy atom. The van der Waals surface area contributed by atoms with Gasteiger partial charge in [-0.05, 0) is 49.2 Å². The monoisotopic (exact) mass is 404 g/mol. The first-order valence-electron chi connectivity index (χ1n) is 10.00. The van der Waals surface area contributed by atoms with Crippen molar-refractivity contribution in [2.75, 3.05) is 5.32 Å². The summed E-state index contributed by atoms with van der Waals surface area (Å²) in [6.45, 7) is 0. The highest BCUT2D eigenvalue weighted by Crippen LogP contribution is 2.43. The van der Waals surface area contributed by atoms with Gasteiger partial charge in [0.05, 0.1) is 10.7 Å². The Hall–Kier alpha value is -3.68. The summed E-state index contributed by atoms with van der Waals surface area (Å²) in [7, 11) is 0. The smallest absolute Gasteiger partial charge is 0.368 e. The Labute approximate surface area is 171 Å². The van der Waals surface area contributed by atoms with Crippen molar-refractivity contribution in [3.63, 3.8) is 0 Å². The zero-order valence-electron chi connectivity index (χ0n) is 16.1. The third kappa shape index (κ3) is 3.01. The Balaban J connectivity index is 1.46. The number of aromatic hydroxyl groups is 2. The number of hydrogen-bond acceptors (Lipinski definition) is 4. The van der Waals surface area contributed by atoms with Gasteiger partial charge >= 0.3 is 6.03 Å². The van der Waals surface area contributed by atoms with Crippen LogP contribution in [0.2, 0.25) is 0 Å². The van der Waals surface area contributed by atoms with Gasteiger partial charge in [-0.1, -0.05) is 19.3 Å². The molecule has 0 saturated heterocycles. The Morgan fingerprint density at radius 1 is 0.933 bits per heavy atom. The Morgan fingerprint density at radius 2 is 1.67 bits per heavy atom. The molecule has 8 nitrogen and oxygen atoms in total. The average Bonchev–Trinajstić information content (AvgIpc) is 3.24. The zero-order chi connectivity index (χ0) is 20.8. The van der Waals surface area contributed by atoms with E-state index in [1.807, 2.05) is 0 Å². The number of aromatic nitrogens is 1. The van der Waals surface area contributed by atoms with Crippen LogP contribution < -0.4 is 16.0 Å². The van der Waals surface area contributed by atoms with E-state index in [0.717, 1.165) is 25.7 Å². The molecule has 2 aliphatic rings. The number of benzene rings is 2. The molecular weight excluding hydrogens is 384 g/mol. The topological polar surface area (TPSA) is 116 Å². The summed E-state index contributed by atoms with van der Waals surface area (Å²) in [6, 6.07) is 9.20. The lowest BCUT2D eigenvalue weighted by Gasteiger charge is -2.24. The van der Waals surface area contributed by atoms with E-state index in [4.69, 9.17) is 0 Å². The molecule has 2 heterocycles. The molecule has 2 aromatic carbocycles. The summed E-state index contributed by atoms with van der Waals surface area (Å²) in [4.78, 5) is 31.6. The molecule has 30 heavy (non-hydrogen) atoms. The number of anilines is 1. The van der Waals surface area contributed by atoms with Gasteiger partial charge in [0.25, 0.3) is 5.91 Å². The molecule has 0 unspecified atom stereocenters. The Bertz CT molecular complexity index is 1320. The summed E-state index contributed by atoms with van der Waals surface area (Å²) >= 11 is 0. The highest BCUT2D eigenvalue weighted by atomic mass is 16.3. The van der Waals surface area contributed by atoms with Gasteiger partial charge in [0.15, 0.2) is 0 Å². The van der Waals surface area contributed by atoms with E-state index >= 15 is 0 Å². The van der Waals surface area contributed by atoms with E-state index in [1.165, 1.54) is 6.42 Å². The maximum Gasteiger partial charge on any atom is 0.368 e. The van der Waals surface area contributed by atoms with Gasteiger partial charge in [0, 0.05) is 28.1 Å². The van der Waals surface area contributed by atoms with Gasteiger partial charge in [-0.15, -0.1) is 0 Å². The second-order valence-corrected chi connectivity index (χ2v) is 7.73. The van der Waals surface area contributed by atoms with E-state index in [-0.39, 0.29) is 23.7 Å². The highest BCUT2D eigenvalue weighted by molar-refractivity contribution is 6.07. The normalized spacial score (nSPS) is 16.2. The van der Waals surface area contributed by atoms with Crippen LogP contribution in [0.15, 0.2) is 46.4 Å². The quantitative estimate of drug-likeness (QED) is 0.622. The molecule has 1 fully saturated rings. The van der Waals surface area contributed by atoms with Crippen LogP contribution in [-0.4, -0.2) is 26.7 Å². The minimum absolute atomic E-state index is 0.0134. The first-order chi connectivity index (χ1) is 14.5. The molecular formula is C22H20N4O4. The molecule has 0 bridgehead atoms. The number of nitrogens with one attached hydrogen (secondary N) is 1. The van der Waals surface area contributed by atoms with E-state index in [0.29, 0.717) is 32.7 Å². The molecule has 3 amide bonds. The van der Waals surface area contributed by atoms with Gasteiger partial charge in [0.1, 0.15) is 0 Å². The lowest BCUT2D eigenvalue weighted by molar-refractivity contribution is 0.102. The lowest BCUT2D eigenvalue weighted by Crippen LogP contribution is -2.22. The number of rotatable bonds is 3. The summed E-state index contributed by atoms with van der Waals surface area (Å²) in [5, 5.41) is 26.0. The average molecular weight is 404 g/mol. The van der Waals surface area contributed by atoms with Crippen LogP contribution in [0.3, 0.4) is 0 Å². The molecule has 0 spiro atoms. The minimum atomic E-state index is -0.559. The van der Waals surface area contributed by atoms with E-state index in [1.54, 1.807) is 41.0 Å². The molecule has 1 aliphatic heterocycles. The first kappa shape index (κ1) is 18.4. The maximum absolute atomic E-state index is 12.7. The van der Waals surface area contributed by atoms with Gasteiger partial charge < -0.3 is 15.5 Å².